The first-order valence-corrected chi connectivity index (χ1v) is 9.13. The molecule has 0 bridgehead atoms. The van der Waals surface area contributed by atoms with Gasteiger partial charge in [-0.05, 0) is 69.2 Å². The van der Waals surface area contributed by atoms with Crippen molar-refractivity contribution in [1.82, 2.24) is 24.3 Å². The molecular weight excluding hydrogens is 334 g/mol. The number of fused-ring (bicyclic) bond motifs is 4. The summed E-state index contributed by atoms with van der Waals surface area (Å²) in [5, 5.41) is 1.08. The number of aromatic nitrogens is 5. The monoisotopic (exact) mass is 353 g/mol. The molecule has 5 rings (SSSR count). The average Bonchev–Trinajstić information content (AvgIpc) is 3.02. The molecule has 0 aliphatic carbocycles. The maximum atomic E-state index is 4.91. The van der Waals surface area contributed by atoms with E-state index in [1.54, 1.807) is 0 Å². The molecule has 0 N–H and O–H groups in total. The summed E-state index contributed by atoms with van der Waals surface area (Å²) in [4.78, 5) is 18.6. The first-order valence-electron chi connectivity index (χ1n) is 9.13. The van der Waals surface area contributed by atoms with E-state index in [0.29, 0.717) is 0 Å². The van der Waals surface area contributed by atoms with E-state index in [1.165, 1.54) is 5.69 Å². The molecule has 132 valence electrons. The number of aryl methyl sites for hydroxylation is 4. The summed E-state index contributed by atoms with van der Waals surface area (Å²) < 4.78 is 2.15. The number of pyridine rings is 4. The summed E-state index contributed by atoms with van der Waals surface area (Å²) in [7, 11) is 0. The van der Waals surface area contributed by atoms with Gasteiger partial charge in [-0.15, -0.1) is 0 Å². The van der Waals surface area contributed by atoms with Gasteiger partial charge in [0.25, 0.3) is 0 Å². The van der Waals surface area contributed by atoms with Crippen LogP contribution in [0, 0.1) is 13.8 Å². The molecule has 0 unspecified atom stereocenters. The second kappa shape index (κ2) is 6.13. The van der Waals surface area contributed by atoms with Crippen LogP contribution in [-0.2, 0) is 12.8 Å². The summed E-state index contributed by atoms with van der Waals surface area (Å²) in [6, 6.07) is 14.2. The van der Waals surface area contributed by atoms with E-state index < -0.39 is 0 Å². The van der Waals surface area contributed by atoms with Crippen molar-refractivity contribution in [3.8, 4) is 0 Å². The van der Waals surface area contributed by atoms with Crippen molar-refractivity contribution in [3.63, 3.8) is 0 Å². The summed E-state index contributed by atoms with van der Waals surface area (Å²) >= 11 is 0. The molecular formula is C22H19N5. The van der Waals surface area contributed by atoms with E-state index in [2.05, 4.69) is 45.7 Å². The topological polar surface area (TPSA) is 56.0 Å². The van der Waals surface area contributed by atoms with Crippen LogP contribution in [0.25, 0.3) is 27.6 Å². The van der Waals surface area contributed by atoms with Crippen LogP contribution in [0.2, 0.25) is 0 Å². The van der Waals surface area contributed by atoms with Gasteiger partial charge in [0.15, 0.2) is 0 Å². The Bertz CT molecular complexity index is 1300. The van der Waals surface area contributed by atoms with Crippen molar-refractivity contribution in [2.24, 2.45) is 0 Å². The lowest BCUT2D eigenvalue weighted by Gasteiger charge is -2.03. The largest absolute Gasteiger partial charge is 0.303 e. The second-order valence-electron chi connectivity index (χ2n) is 6.88. The maximum Gasteiger partial charge on any atom is 0.146 e. The van der Waals surface area contributed by atoms with Crippen molar-refractivity contribution in [3.05, 3.63) is 77.6 Å². The Morgan fingerprint density at radius 1 is 0.815 bits per heavy atom. The fraction of sp³-hybridized carbons (Fsp3) is 0.182. The molecule has 5 aromatic rings. The molecule has 0 radical (unpaired) electrons. The van der Waals surface area contributed by atoms with E-state index in [0.717, 1.165) is 57.5 Å². The Hall–Kier alpha value is -3.34. The van der Waals surface area contributed by atoms with Gasteiger partial charge in [0.2, 0.25) is 0 Å². The molecule has 0 aliphatic heterocycles. The Morgan fingerprint density at radius 3 is 2.59 bits per heavy atom. The van der Waals surface area contributed by atoms with Crippen LogP contribution in [0.4, 0.5) is 0 Å². The highest BCUT2D eigenvalue weighted by atomic mass is 15.0. The minimum atomic E-state index is 0.852. The van der Waals surface area contributed by atoms with Gasteiger partial charge in [0.1, 0.15) is 5.65 Å². The number of hydrogen-bond donors (Lipinski definition) is 0. The Labute approximate surface area is 156 Å². The van der Waals surface area contributed by atoms with E-state index in [1.807, 2.05) is 37.4 Å². The van der Waals surface area contributed by atoms with Gasteiger partial charge in [-0.3, -0.25) is 15.0 Å². The zero-order valence-electron chi connectivity index (χ0n) is 15.3. The molecule has 0 atom stereocenters. The van der Waals surface area contributed by atoms with Crippen LogP contribution in [0.1, 0.15) is 22.8 Å². The highest BCUT2D eigenvalue weighted by molar-refractivity contribution is 5.91. The average molecular weight is 353 g/mol. The van der Waals surface area contributed by atoms with Crippen molar-refractivity contribution in [2.75, 3.05) is 0 Å². The lowest BCUT2D eigenvalue weighted by molar-refractivity contribution is 0.884. The zero-order chi connectivity index (χ0) is 18.4. The highest BCUT2D eigenvalue weighted by Crippen LogP contribution is 2.21. The first-order chi connectivity index (χ1) is 13.2. The predicted molar refractivity (Wildman–Crippen MR) is 107 cm³/mol. The Kier molecular flexibility index (Phi) is 3.60. The molecule has 0 saturated heterocycles. The molecule has 5 heterocycles. The molecule has 5 nitrogen and oxygen atoms in total. The van der Waals surface area contributed by atoms with Gasteiger partial charge in [0, 0.05) is 34.9 Å². The van der Waals surface area contributed by atoms with E-state index in [4.69, 9.17) is 9.97 Å². The van der Waals surface area contributed by atoms with Crippen LogP contribution in [0.5, 0.6) is 0 Å². The minimum absolute atomic E-state index is 0.852. The molecule has 0 fully saturated rings. The second-order valence-corrected chi connectivity index (χ2v) is 6.88. The van der Waals surface area contributed by atoms with Crippen LogP contribution in [0.15, 0.2) is 54.9 Å². The third kappa shape index (κ3) is 2.72. The van der Waals surface area contributed by atoms with Crippen molar-refractivity contribution in [1.29, 1.82) is 0 Å². The van der Waals surface area contributed by atoms with Crippen LogP contribution < -0.4 is 0 Å². The molecule has 5 aromatic heterocycles. The Balaban J connectivity index is 1.48. The third-order valence-corrected chi connectivity index (χ3v) is 5.07. The quantitative estimate of drug-likeness (QED) is 0.487. The van der Waals surface area contributed by atoms with Gasteiger partial charge in [-0.2, -0.15) is 0 Å². The van der Waals surface area contributed by atoms with E-state index in [9.17, 15) is 0 Å². The van der Waals surface area contributed by atoms with Crippen molar-refractivity contribution in [2.45, 2.75) is 26.7 Å². The standard InChI is InChI=1S/C22H19N5/c1-14-5-8-21-20(24-14)10-7-16(25-21)6-9-18-15(2)27-13-11-19-17(22(27)26-18)4-3-12-23-19/h3-5,7-8,10-13H,6,9H2,1-2H3. The third-order valence-electron chi connectivity index (χ3n) is 5.07. The molecule has 0 aromatic carbocycles. The normalized spacial score (nSPS) is 11.6. The van der Waals surface area contributed by atoms with Gasteiger partial charge in [-0.1, -0.05) is 0 Å². The fourth-order valence-corrected chi connectivity index (χ4v) is 3.59. The molecule has 0 aliphatic rings. The number of hydrogen-bond acceptors (Lipinski definition) is 4. The van der Waals surface area contributed by atoms with Crippen LogP contribution in [-0.4, -0.2) is 24.3 Å². The van der Waals surface area contributed by atoms with Crippen LogP contribution in [0.3, 0.4) is 0 Å². The molecule has 0 amide bonds. The first kappa shape index (κ1) is 15.9. The molecule has 5 heteroatoms. The number of nitrogens with zero attached hydrogens (tertiary/aromatic N) is 5. The molecule has 0 saturated carbocycles. The van der Waals surface area contributed by atoms with Crippen LogP contribution >= 0.6 is 0 Å². The van der Waals surface area contributed by atoms with Crippen molar-refractivity contribution < 1.29 is 0 Å². The number of imidazole rings is 1. The van der Waals surface area contributed by atoms with Gasteiger partial charge < -0.3 is 4.40 Å². The number of rotatable bonds is 3. The van der Waals surface area contributed by atoms with E-state index >= 15 is 0 Å². The summed E-state index contributed by atoms with van der Waals surface area (Å²) in [6.07, 6.45) is 5.58. The Morgan fingerprint density at radius 2 is 1.67 bits per heavy atom. The molecule has 27 heavy (non-hydrogen) atoms. The van der Waals surface area contributed by atoms with Gasteiger partial charge >= 0.3 is 0 Å². The lowest BCUT2D eigenvalue weighted by Crippen LogP contribution is -1.98. The summed E-state index contributed by atoms with van der Waals surface area (Å²) in [5.41, 5.74) is 8.20. The smallest absolute Gasteiger partial charge is 0.146 e. The zero-order valence-corrected chi connectivity index (χ0v) is 15.3. The summed E-state index contributed by atoms with van der Waals surface area (Å²) in [5.74, 6) is 0. The van der Waals surface area contributed by atoms with Crippen molar-refractivity contribution >= 4 is 27.6 Å². The fourth-order valence-electron chi connectivity index (χ4n) is 3.59. The lowest BCUT2D eigenvalue weighted by atomic mass is 10.1. The van der Waals surface area contributed by atoms with E-state index in [-0.39, 0.29) is 0 Å². The minimum Gasteiger partial charge on any atom is -0.303 e. The summed E-state index contributed by atoms with van der Waals surface area (Å²) in [6.45, 7) is 4.12. The van der Waals surface area contributed by atoms with Gasteiger partial charge in [-0.25, -0.2) is 4.98 Å². The van der Waals surface area contributed by atoms with Gasteiger partial charge in [0.05, 0.1) is 22.2 Å². The SMILES string of the molecule is Cc1ccc2nc(CCc3nc4c5cccnc5ccn4c3C)ccc2n1. The molecule has 0 spiro atoms. The maximum absolute atomic E-state index is 4.91. The highest BCUT2D eigenvalue weighted by Gasteiger charge is 2.12. The predicted octanol–water partition coefficient (Wildman–Crippen LogP) is 4.23.